The SMILES string of the molecule is O=C(Nc1ccc2c(c1)N(S(=O)(=O)c1ccc(C(F)(F)F)cc1)NC2)c1c(F)cccc1Cl. The molecule has 6 nitrogen and oxygen atoms in total. The van der Waals surface area contributed by atoms with E-state index in [0.717, 1.165) is 22.6 Å². The molecule has 3 aromatic carbocycles. The molecule has 0 saturated heterocycles. The molecular weight excluding hydrogens is 486 g/mol. The second-order valence-electron chi connectivity index (χ2n) is 7.02. The minimum atomic E-state index is -4.60. The summed E-state index contributed by atoms with van der Waals surface area (Å²) in [6.07, 6.45) is -4.60. The Labute approximate surface area is 190 Å². The first kappa shape index (κ1) is 23.0. The molecule has 1 aliphatic rings. The number of hydrogen-bond donors (Lipinski definition) is 2. The summed E-state index contributed by atoms with van der Waals surface area (Å²) < 4.78 is 79.3. The molecule has 172 valence electrons. The Hall–Kier alpha value is -3.15. The van der Waals surface area contributed by atoms with E-state index in [1.807, 2.05) is 0 Å². The van der Waals surface area contributed by atoms with Crippen molar-refractivity contribution < 1.29 is 30.8 Å². The number of fused-ring (bicyclic) bond motifs is 1. The molecule has 4 rings (SSSR count). The molecule has 0 atom stereocenters. The van der Waals surface area contributed by atoms with Crippen molar-refractivity contribution in [2.45, 2.75) is 17.6 Å². The molecule has 1 amide bonds. The Balaban J connectivity index is 1.63. The Bertz CT molecular complexity index is 1330. The van der Waals surface area contributed by atoms with Crippen molar-refractivity contribution in [1.29, 1.82) is 0 Å². The highest BCUT2D eigenvalue weighted by molar-refractivity contribution is 7.92. The number of hydrazine groups is 1. The fourth-order valence-electron chi connectivity index (χ4n) is 3.27. The molecule has 3 aromatic rings. The third kappa shape index (κ3) is 4.39. The van der Waals surface area contributed by atoms with Crippen LogP contribution in [0.25, 0.3) is 0 Å². The summed E-state index contributed by atoms with van der Waals surface area (Å²) in [4.78, 5) is 12.1. The summed E-state index contributed by atoms with van der Waals surface area (Å²) in [5.74, 6) is -1.66. The van der Waals surface area contributed by atoms with Crippen LogP contribution in [0.5, 0.6) is 0 Å². The quantitative estimate of drug-likeness (QED) is 0.497. The van der Waals surface area contributed by atoms with Crippen molar-refractivity contribution in [3.8, 4) is 0 Å². The summed E-state index contributed by atoms with van der Waals surface area (Å²) in [5.41, 5.74) is 2.20. The smallest absolute Gasteiger partial charge is 0.322 e. The Morgan fingerprint density at radius 2 is 1.76 bits per heavy atom. The molecule has 0 bridgehead atoms. The zero-order chi connectivity index (χ0) is 24.0. The lowest BCUT2D eigenvalue weighted by molar-refractivity contribution is -0.137. The molecule has 0 aliphatic carbocycles. The maximum Gasteiger partial charge on any atom is 0.416 e. The molecule has 2 N–H and O–H groups in total. The van der Waals surface area contributed by atoms with Crippen molar-refractivity contribution in [2.24, 2.45) is 0 Å². The lowest BCUT2D eigenvalue weighted by Gasteiger charge is -2.20. The maximum absolute atomic E-state index is 14.0. The molecular formula is C21H14ClF4N3O3S. The highest BCUT2D eigenvalue weighted by Gasteiger charge is 2.34. The average Bonchev–Trinajstić information content (AvgIpc) is 3.17. The van der Waals surface area contributed by atoms with Gasteiger partial charge in [0.05, 0.1) is 26.7 Å². The van der Waals surface area contributed by atoms with E-state index in [9.17, 15) is 30.8 Å². The second-order valence-corrected chi connectivity index (χ2v) is 9.21. The summed E-state index contributed by atoms with van der Waals surface area (Å²) >= 11 is 5.91. The second kappa shape index (κ2) is 8.32. The zero-order valence-electron chi connectivity index (χ0n) is 16.5. The van der Waals surface area contributed by atoms with E-state index in [1.54, 1.807) is 6.07 Å². The molecule has 0 unspecified atom stereocenters. The van der Waals surface area contributed by atoms with Gasteiger partial charge in [-0.25, -0.2) is 9.82 Å². The number of rotatable bonds is 4. The molecule has 12 heteroatoms. The highest BCUT2D eigenvalue weighted by Crippen LogP contribution is 2.34. The lowest BCUT2D eigenvalue weighted by Crippen LogP contribution is -2.38. The summed E-state index contributed by atoms with van der Waals surface area (Å²) in [5, 5.41) is 2.37. The van der Waals surface area contributed by atoms with Crippen LogP contribution in [0.3, 0.4) is 0 Å². The number of anilines is 2. The molecule has 0 saturated carbocycles. The molecule has 0 radical (unpaired) electrons. The fourth-order valence-corrected chi connectivity index (χ4v) is 4.87. The van der Waals surface area contributed by atoms with Gasteiger partial charge in [-0.2, -0.15) is 26.0 Å². The lowest BCUT2D eigenvalue weighted by atomic mass is 10.1. The van der Waals surface area contributed by atoms with E-state index < -0.39 is 33.5 Å². The van der Waals surface area contributed by atoms with Crippen LogP contribution in [0.1, 0.15) is 21.5 Å². The summed E-state index contributed by atoms with van der Waals surface area (Å²) in [7, 11) is -4.26. The van der Waals surface area contributed by atoms with Crippen molar-refractivity contribution in [2.75, 3.05) is 9.73 Å². The molecule has 0 fully saturated rings. The van der Waals surface area contributed by atoms with E-state index in [1.165, 1.54) is 24.3 Å². The van der Waals surface area contributed by atoms with Gasteiger partial charge in [0.15, 0.2) is 0 Å². The van der Waals surface area contributed by atoms with Gasteiger partial charge < -0.3 is 5.32 Å². The number of amides is 1. The van der Waals surface area contributed by atoms with Gasteiger partial charge in [-0.1, -0.05) is 23.7 Å². The number of nitrogens with zero attached hydrogens (tertiary/aromatic N) is 1. The van der Waals surface area contributed by atoms with Crippen LogP contribution in [0.15, 0.2) is 65.6 Å². The van der Waals surface area contributed by atoms with Gasteiger partial charge >= 0.3 is 6.18 Å². The van der Waals surface area contributed by atoms with Gasteiger partial charge in [-0.3, -0.25) is 4.79 Å². The van der Waals surface area contributed by atoms with Gasteiger partial charge in [-0.15, -0.1) is 0 Å². The van der Waals surface area contributed by atoms with Gasteiger partial charge in [-0.05, 0) is 54.1 Å². The number of sulfonamides is 1. The number of hydrogen-bond acceptors (Lipinski definition) is 4. The third-order valence-electron chi connectivity index (χ3n) is 4.88. The highest BCUT2D eigenvalue weighted by atomic mass is 35.5. The van der Waals surface area contributed by atoms with Crippen molar-refractivity contribution in [3.63, 3.8) is 0 Å². The van der Waals surface area contributed by atoms with Crippen LogP contribution >= 0.6 is 11.6 Å². The number of nitrogens with one attached hydrogen (secondary N) is 2. The zero-order valence-corrected chi connectivity index (χ0v) is 18.0. The van der Waals surface area contributed by atoms with Gasteiger partial charge in [0.2, 0.25) is 0 Å². The number of carbonyl (C=O) groups excluding carboxylic acids is 1. The first-order valence-corrected chi connectivity index (χ1v) is 11.1. The van der Waals surface area contributed by atoms with E-state index >= 15 is 0 Å². The largest absolute Gasteiger partial charge is 0.416 e. The van der Waals surface area contributed by atoms with E-state index in [0.29, 0.717) is 17.7 Å². The Morgan fingerprint density at radius 1 is 1.06 bits per heavy atom. The first-order chi connectivity index (χ1) is 15.5. The van der Waals surface area contributed by atoms with Crippen molar-refractivity contribution in [1.82, 2.24) is 5.43 Å². The third-order valence-corrected chi connectivity index (χ3v) is 6.87. The van der Waals surface area contributed by atoms with Gasteiger partial charge in [0.1, 0.15) is 5.82 Å². The Morgan fingerprint density at radius 3 is 2.39 bits per heavy atom. The van der Waals surface area contributed by atoms with Crippen molar-refractivity contribution >= 4 is 38.9 Å². The standard InChI is InChI=1S/C21H14ClF4N3O3S/c22-16-2-1-3-17(23)19(16)20(30)28-14-7-4-12-11-27-29(18(12)10-14)33(31,32)15-8-5-13(6-9-15)21(24,25)26/h1-10,27H,11H2,(H,28,30). The Kier molecular flexibility index (Phi) is 5.81. The van der Waals surface area contributed by atoms with Gasteiger partial charge in [0, 0.05) is 12.2 Å². The van der Waals surface area contributed by atoms with Crippen molar-refractivity contribution in [3.05, 3.63) is 88.2 Å². The molecule has 33 heavy (non-hydrogen) atoms. The van der Waals surface area contributed by atoms with Crippen LogP contribution in [0.4, 0.5) is 28.9 Å². The first-order valence-electron chi connectivity index (χ1n) is 9.33. The number of carbonyl (C=O) groups is 1. The van der Waals surface area contributed by atoms with Crippen LogP contribution in [0.2, 0.25) is 5.02 Å². The fraction of sp³-hybridized carbons (Fsp3) is 0.0952. The molecule has 0 aromatic heterocycles. The minimum Gasteiger partial charge on any atom is -0.322 e. The van der Waals surface area contributed by atoms with Gasteiger partial charge in [0.25, 0.3) is 15.9 Å². The van der Waals surface area contributed by atoms with E-state index in [-0.39, 0.29) is 33.4 Å². The molecule has 1 heterocycles. The average molecular weight is 500 g/mol. The normalized spacial score (nSPS) is 13.7. The molecule has 0 spiro atoms. The number of alkyl halides is 3. The van der Waals surface area contributed by atoms with E-state index in [4.69, 9.17) is 11.6 Å². The van der Waals surface area contributed by atoms with Crippen LogP contribution in [-0.2, 0) is 22.7 Å². The topological polar surface area (TPSA) is 78.5 Å². The minimum absolute atomic E-state index is 0.0955. The number of benzene rings is 3. The summed E-state index contributed by atoms with van der Waals surface area (Å²) in [6.45, 7) is 0.128. The maximum atomic E-state index is 14.0. The molecule has 1 aliphatic heterocycles. The number of halogens is 5. The predicted molar refractivity (Wildman–Crippen MR) is 114 cm³/mol. The predicted octanol–water partition coefficient (Wildman–Crippen LogP) is 4.96. The van der Waals surface area contributed by atoms with E-state index in [2.05, 4.69) is 10.7 Å². The summed E-state index contributed by atoms with van der Waals surface area (Å²) in [6, 6.07) is 11.3. The van der Waals surface area contributed by atoms with Crippen LogP contribution in [-0.4, -0.2) is 14.3 Å². The van der Waals surface area contributed by atoms with Crippen LogP contribution in [0, 0.1) is 5.82 Å². The van der Waals surface area contributed by atoms with Crippen LogP contribution < -0.4 is 15.2 Å². The monoisotopic (exact) mass is 499 g/mol.